The molecule has 0 bridgehead atoms. The minimum atomic E-state index is 0.0173. The number of rotatable bonds is 6. The van der Waals surface area contributed by atoms with E-state index in [0.717, 1.165) is 16.9 Å². The lowest BCUT2D eigenvalue weighted by molar-refractivity contribution is 0.0303. The molecule has 0 aliphatic carbocycles. The van der Waals surface area contributed by atoms with Gasteiger partial charge >= 0.3 is 0 Å². The van der Waals surface area contributed by atoms with Crippen LogP contribution < -0.4 is 14.8 Å². The van der Waals surface area contributed by atoms with Crippen molar-refractivity contribution in [2.45, 2.75) is 0 Å². The highest BCUT2D eigenvalue weighted by Gasteiger charge is 2.19. The second-order valence-electron chi connectivity index (χ2n) is 7.81. The number of aromatic nitrogens is 3. The van der Waals surface area contributed by atoms with E-state index in [1.807, 2.05) is 64.2 Å². The van der Waals surface area contributed by atoms with E-state index in [1.165, 1.54) is 0 Å². The van der Waals surface area contributed by atoms with Gasteiger partial charge in [0.25, 0.3) is 5.91 Å². The maximum Gasteiger partial charge on any atom is 0.254 e. The zero-order chi connectivity index (χ0) is 23.5. The molecular weight excluding hydrogens is 434 g/mol. The normalized spacial score (nSPS) is 13.6. The van der Waals surface area contributed by atoms with Gasteiger partial charge in [-0.1, -0.05) is 12.1 Å². The predicted octanol–water partition coefficient (Wildman–Crippen LogP) is 3.63. The molecular formula is C25H25N5O4. The molecule has 1 amide bonds. The molecule has 0 radical (unpaired) electrons. The number of fused-ring (bicyclic) bond motifs is 1. The Morgan fingerprint density at radius 3 is 2.53 bits per heavy atom. The van der Waals surface area contributed by atoms with Gasteiger partial charge < -0.3 is 28.8 Å². The van der Waals surface area contributed by atoms with Crippen LogP contribution in [-0.4, -0.2) is 65.7 Å². The van der Waals surface area contributed by atoms with E-state index in [2.05, 4.69) is 10.3 Å². The third-order valence-corrected chi connectivity index (χ3v) is 5.75. The monoisotopic (exact) mass is 459 g/mol. The van der Waals surface area contributed by atoms with Crippen molar-refractivity contribution in [3.63, 3.8) is 0 Å². The molecule has 0 saturated carbocycles. The van der Waals surface area contributed by atoms with Crippen molar-refractivity contribution in [1.82, 2.24) is 19.3 Å². The van der Waals surface area contributed by atoms with E-state index >= 15 is 0 Å². The van der Waals surface area contributed by atoms with Gasteiger partial charge in [-0.15, -0.1) is 0 Å². The molecule has 1 saturated heterocycles. The molecule has 9 nitrogen and oxygen atoms in total. The van der Waals surface area contributed by atoms with Gasteiger partial charge in [-0.05, 0) is 24.3 Å². The predicted molar refractivity (Wildman–Crippen MR) is 128 cm³/mol. The van der Waals surface area contributed by atoms with Crippen LogP contribution in [0.2, 0.25) is 0 Å². The van der Waals surface area contributed by atoms with Crippen LogP contribution in [0.4, 0.5) is 11.5 Å². The lowest BCUT2D eigenvalue weighted by Crippen LogP contribution is -2.40. The molecule has 0 atom stereocenters. The molecule has 2 aromatic heterocycles. The number of morpholine rings is 1. The highest BCUT2D eigenvalue weighted by atomic mass is 16.5. The summed E-state index contributed by atoms with van der Waals surface area (Å²) in [5, 5.41) is 3.34. The van der Waals surface area contributed by atoms with Crippen LogP contribution in [0, 0.1) is 0 Å². The Kier molecular flexibility index (Phi) is 6.01. The average Bonchev–Trinajstić information content (AvgIpc) is 3.38. The molecule has 2 aromatic carbocycles. The summed E-state index contributed by atoms with van der Waals surface area (Å²) in [6, 6.07) is 13.1. The molecule has 9 heteroatoms. The van der Waals surface area contributed by atoms with Crippen LogP contribution in [0.15, 0.2) is 61.1 Å². The number of anilines is 2. The second-order valence-corrected chi connectivity index (χ2v) is 7.81. The first-order valence-electron chi connectivity index (χ1n) is 11.0. The molecule has 1 N–H and O–H groups in total. The van der Waals surface area contributed by atoms with Crippen LogP contribution in [-0.2, 0) is 4.74 Å². The highest BCUT2D eigenvalue weighted by molar-refractivity contribution is 5.94. The molecule has 1 aliphatic rings. The van der Waals surface area contributed by atoms with Gasteiger partial charge in [-0.3, -0.25) is 4.79 Å². The average molecular weight is 460 g/mol. The fraction of sp³-hybridized carbons (Fsp3) is 0.240. The number of hydrogen-bond acceptors (Lipinski definition) is 7. The molecule has 34 heavy (non-hydrogen) atoms. The standard InChI is InChI=1S/C25H25N5O4/c1-32-21-8-7-19(15-22(21)33-2)27-23-24-26-9-10-30(24)16-20(28-23)17-3-5-18(6-4-17)25(31)29-11-13-34-14-12-29/h3-10,15-16H,11-14H2,1-2H3,(H,27,28). The van der Waals surface area contributed by atoms with Crippen LogP contribution >= 0.6 is 0 Å². The summed E-state index contributed by atoms with van der Waals surface area (Å²) in [6.07, 6.45) is 5.52. The van der Waals surface area contributed by atoms with Crippen LogP contribution in [0.1, 0.15) is 10.4 Å². The Morgan fingerprint density at radius 1 is 1.03 bits per heavy atom. The Balaban J connectivity index is 1.44. The Morgan fingerprint density at radius 2 is 1.79 bits per heavy atom. The van der Waals surface area contributed by atoms with Crippen LogP contribution in [0.5, 0.6) is 11.5 Å². The fourth-order valence-electron chi connectivity index (χ4n) is 3.94. The largest absolute Gasteiger partial charge is 0.493 e. The summed E-state index contributed by atoms with van der Waals surface area (Å²) in [4.78, 5) is 23.8. The number of nitrogens with zero attached hydrogens (tertiary/aromatic N) is 4. The summed E-state index contributed by atoms with van der Waals surface area (Å²) in [7, 11) is 3.20. The number of imidazole rings is 1. The number of ether oxygens (including phenoxy) is 3. The summed E-state index contributed by atoms with van der Waals surface area (Å²) in [6.45, 7) is 2.39. The Bertz CT molecular complexity index is 1310. The van der Waals surface area contributed by atoms with E-state index in [0.29, 0.717) is 54.8 Å². The van der Waals surface area contributed by atoms with Gasteiger partial charge in [0.15, 0.2) is 23.0 Å². The van der Waals surface area contributed by atoms with Gasteiger partial charge in [-0.25, -0.2) is 9.97 Å². The number of hydrogen-bond donors (Lipinski definition) is 1. The van der Waals surface area contributed by atoms with Crippen molar-refractivity contribution in [2.24, 2.45) is 0 Å². The number of nitrogens with one attached hydrogen (secondary N) is 1. The number of carbonyl (C=O) groups is 1. The van der Waals surface area contributed by atoms with Gasteiger partial charge in [0.05, 0.1) is 33.1 Å². The van der Waals surface area contributed by atoms with Crippen molar-refractivity contribution in [2.75, 3.05) is 45.8 Å². The van der Waals surface area contributed by atoms with E-state index in [9.17, 15) is 4.79 Å². The minimum absolute atomic E-state index is 0.0173. The van der Waals surface area contributed by atoms with Crippen LogP contribution in [0.3, 0.4) is 0 Å². The third-order valence-electron chi connectivity index (χ3n) is 5.75. The number of benzene rings is 2. The van der Waals surface area contributed by atoms with Crippen molar-refractivity contribution < 1.29 is 19.0 Å². The molecule has 3 heterocycles. The maximum atomic E-state index is 12.8. The Hall–Kier alpha value is -4.11. The zero-order valence-corrected chi connectivity index (χ0v) is 19.0. The minimum Gasteiger partial charge on any atom is -0.493 e. The molecule has 1 aliphatic heterocycles. The molecule has 1 fully saturated rings. The van der Waals surface area contributed by atoms with Crippen molar-refractivity contribution in [1.29, 1.82) is 0 Å². The van der Waals surface area contributed by atoms with Crippen molar-refractivity contribution in [3.8, 4) is 22.8 Å². The Labute approximate surface area is 196 Å². The number of carbonyl (C=O) groups excluding carboxylic acids is 1. The van der Waals surface area contributed by atoms with Crippen LogP contribution in [0.25, 0.3) is 16.9 Å². The lowest BCUT2D eigenvalue weighted by Gasteiger charge is -2.26. The molecule has 0 spiro atoms. The topological polar surface area (TPSA) is 90.2 Å². The summed E-state index contributed by atoms with van der Waals surface area (Å²) < 4.78 is 18.0. The number of methoxy groups -OCH3 is 2. The quantitative estimate of drug-likeness (QED) is 0.471. The lowest BCUT2D eigenvalue weighted by atomic mass is 10.1. The summed E-state index contributed by atoms with van der Waals surface area (Å²) in [5.74, 6) is 1.88. The third kappa shape index (κ3) is 4.25. The van der Waals surface area contributed by atoms with Crippen molar-refractivity contribution >= 4 is 23.1 Å². The van der Waals surface area contributed by atoms with Gasteiger partial charge in [0.1, 0.15) is 0 Å². The van der Waals surface area contributed by atoms with Gasteiger partial charge in [0.2, 0.25) is 0 Å². The zero-order valence-electron chi connectivity index (χ0n) is 19.0. The first-order chi connectivity index (χ1) is 16.7. The van der Waals surface area contributed by atoms with E-state index in [4.69, 9.17) is 19.2 Å². The highest BCUT2D eigenvalue weighted by Crippen LogP contribution is 2.32. The first kappa shape index (κ1) is 21.7. The first-order valence-corrected chi connectivity index (χ1v) is 11.0. The van der Waals surface area contributed by atoms with E-state index < -0.39 is 0 Å². The smallest absolute Gasteiger partial charge is 0.254 e. The van der Waals surface area contributed by atoms with E-state index in [-0.39, 0.29) is 5.91 Å². The molecule has 174 valence electrons. The van der Waals surface area contributed by atoms with Crippen molar-refractivity contribution in [3.05, 3.63) is 66.6 Å². The second kappa shape index (κ2) is 9.40. The number of amides is 1. The van der Waals surface area contributed by atoms with Gasteiger partial charge in [-0.2, -0.15) is 0 Å². The fourth-order valence-corrected chi connectivity index (χ4v) is 3.94. The summed E-state index contributed by atoms with van der Waals surface area (Å²) >= 11 is 0. The molecule has 5 rings (SSSR count). The molecule has 4 aromatic rings. The molecule has 0 unspecified atom stereocenters. The van der Waals surface area contributed by atoms with Gasteiger partial charge in [0, 0.05) is 54.6 Å². The maximum absolute atomic E-state index is 12.8. The van der Waals surface area contributed by atoms with E-state index in [1.54, 1.807) is 20.4 Å². The summed E-state index contributed by atoms with van der Waals surface area (Å²) in [5.41, 5.74) is 3.78. The SMILES string of the molecule is COc1ccc(Nc2nc(-c3ccc(C(=O)N4CCOCC4)cc3)cn3ccnc23)cc1OC.